The Kier molecular flexibility index (Phi) is 5.39. The molecule has 3 rings (SSSR count). The molecular formula is C16H21N5O3. The monoisotopic (exact) mass is 331 g/mol. The van der Waals surface area contributed by atoms with Crippen molar-refractivity contribution in [1.29, 1.82) is 0 Å². The number of para-hydroxylation sites is 1. The summed E-state index contributed by atoms with van der Waals surface area (Å²) in [6.45, 7) is 4.60. The van der Waals surface area contributed by atoms with Crippen LogP contribution in [0.5, 0.6) is 0 Å². The van der Waals surface area contributed by atoms with Gasteiger partial charge in [0.15, 0.2) is 5.82 Å². The number of anilines is 1. The van der Waals surface area contributed by atoms with E-state index in [2.05, 4.69) is 15.6 Å². The topological polar surface area (TPSA) is 81.5 Å². The van der Waals surface area contributed by atoms with Gasteiger partial charge in [-0.05, 0) is 19.1 Å². The molecule has 0 spiro atoms. The molecule has 1 atom stereocenters. The molecule has 2 heterocycles. The number of amides is 2. The lowest BCUT2D eigenvalue weighted by atomic mass is 10.3. The highest BCUT2D eigenvalue weighted by Crippen LogP contribution is 2.14. The molecule has 1 aliphatic rings. The summed E-state index contributed by atoms with van der Waals surface area (Å²) in [6.07, 6.45) is 1.44. The molecule has 8 nitrogen and oxygen atoms in total. The van der Waals surface area contributed by atoms with Crippen LogP contribution in [0.1, 0.15) is 6.92 Å². The maximum absolute atomic E-state index is 12.5. The van der Waals surface area contributed by atoms with Crippen LogP contribution in [0.2, 0.25) is 0 Å². The molecule has 24 heavy (non-hydrogen) atoms. The van der Waals surface area contributed by atoms with Crippen molar-refractivity contribution in [3.8, 4) is 5.69 Å². The molecule has 2 amide bonds. The Morgan fingerprint density at radius 3 is 3.04 bits per heavy atom. The number of ether oxygens (including phenoxy) is 2. The number of hydrogen-bond acceptors (Lipinski definition) is 5. The van der Waals surface area contributed by atoms with Crippen molar-refractivity contribution >= 4 is 11.8 Å². The minimum absolute atomic E-state index is 0.0957. The van der Waals surface area contributed by atoms with E-state index in [1.165, 1.54) is 6.20 Å². The van der Waals surface area contributed by atoms with Gasteiger partial charge in [0.25, 0.3) is 0 Å². The molecule has 128 valence electrons. The van der Waals surface area contributed by atoms with Crippen LogP contribution in [-0.4, -0.2) is 64.9 Å². The predicted octanol–water partition coefficient (Wildman–Crippen LogP) is 1.54. The van der Waals surface area contributed by atoms with Gasteiger partial charge in [-0.1, -0.05) is 23.4 Å². The zero-order valence-electron chi connectivity index (χ0n) is 13.6. The van der Waals surface area contributed by atoms with Crippen molar-refractivity contribution in [2.24, 2.45) is 0 Å². The first kappa shape index (κ1) is 16.4. The van der Waals surface area contributed by atoms with Crippen molar-refractivity contribution in [3.05, 3.63) is 36.5 Å². The summed E-state index contributed by atoms with van der Waals surface area (Å²) in [5.74, 6) is 0.527. The highest BCUT2D eigenvalue weighted by atomic mass is 16.5. The van der Waals surface area contributed by atoms with Gasteiger partial charge in [-0.25, -0.2) is 4.79 Å². The van der Waals surface area contributed by atoms with Crippen LogP contribution < -0.4 is 5.32 Å². The maximum atomic E-state index is 12.5. The summed E-state index contributed by atoms with van der Waals surface area (Å²) >= 11 is 0. The third kappa shape index (κ3) is 3.90. The average Bonchev–Trinajstić information content (AvgIpc) is 3.09. The Bertz CT molecular complexity index is 661. The summed E-state index contributed by atoms with van der Waals surface area (Å²) in [7, 11) is 0. The van der Waals surface area contributed by atoms with Gasteiger partial charge in [0.05, 0.1) is 37.7 Å². The van der Waals surface area contributed by atoms with Crippen molar-refractivity contribution in [2.75, 3.05) is 38.2 Å². The maximum Gasteiger partial charge on any atom is 0.323 e. The van der Waals surface area contributed by atoms with Crippen molar-refractivity contribution < 1.29 is 14.3 Å². The number of aromatic nitrogens is 3. The Balaban J connectivity index is 1.64. The number of carbonyl (C=O) groups is 1. The molecule has 0 bridgehead atoms. The zero-order chi connectivity index (χ0) is 16.8. The first-order valence-electron chi connectivity index (χ1n) is 7.99. The molecule has 1 unspecified atom stereocenters. The minimum Gasteiger partial charge on any atom is -0.379 e. The number of nitrogens with one attached hydrogen (secondary N) is 1. The van der Waals surface area contributed by atoms with Gasteiger partial charge in [0.1, 0.15) is 0 Å². The van der Waals surface area contributed by atoms with Gasteiger partial charge >= 0.3 is 6.03 Å². The van der Waals surface area contributed by atoms with Crippen LogP contribution in [0.3, 0.4) is 0 Å². The second-order valence-corrected chi connectivity index (χ2v) is 5.40. The van der Waals surface area contributed by atoms with E-state index < -0.39 is 0 Å². The van der Waals surface area contributed by atoms with Crippen molar-refractivity contribution in [3.63, 3.8) is 0 Å². The number of urea groups is 1. The van der Waals surface area contributed by atoms with Crippen LogP contribution in [0, 0.1) is 0 Å². The second-order valence-electron chi connectivity index (χ2n) is 5.40. The molecule has 0 saturated carbocycles. The summed E-state index contributed by atoms with van der Waals surface area (Å²) < 4.78 is 12.6. The molecule has 2 aromatic rings. The largest absolute Gasteiger partial charge is 0.379 e. The third-order valence-electron chi connectivity index (χ3n) is 3.72. The van der Waals surface area contributed by atoms with E-state index >= 15 is 0 Å². The van der Waals surface area contributed by atoms with Gasteiger partial charge in [0.2, 0.25) is 0 Å². The van der Waals surface area contributed by atoms with Crippen LogP contribution in [0.15, 0.2) is 36.5 Å². The molecule has 1 fully saturated rings. The number of benzene rings is 1. The summed E-state index contributed by atoms with van der Waals surface area (Å²) in [5.41, 5.74) is 0.835. The standard InChI is InChI=1S/C16H21N5O3/c1-2-23-12-14-11-20(8-9-24-14)16(22)18-15-10-17-19-21(15)13-6-4-3-5-7-13/h3-7,10,14H,2,8-9,11-12H2,1H3,(H,18,22). The van der Waals surface area contributed by atoms with E-state index in [4.69, 9.17) is 9.47 Å². The lowest BCUT2D eigenvalue weighted by molar-refractivity contribution is -0.0555. The molecule has 8 heteroatoms. The fourth-order valence-corrected chi connectivity index (χ4v) is 2.52. The van der Waals surface area contributed by atoms with E-state index in [1.807, 2.05) is 37.3 Å². The lowest BCUT2D eigenvalue weighted by Gasteiger charge is -2.32. The molecular weight excluding hydrogens is 310 g/mol. The number of morpholine rings is 1. The zero-order valence-corrected chi connectivity index (χ0v) is 13.6. The van der Waals surface area contributed by atoms with Gasteiger partial charge < -0.3 is 14.4 Å². The van der Waals surface area contributed by atoms with E-state index in [1.54, 1.807) is 9.58 Å². The normalized spacial score (nSPS) is 17.7. The number of rotatable bonds is 5. The Hall–Kier alpha value is -2.45. The summed E-state index contributed by atoms with van der Waals surface area (Å²) in [5, 5.41) is 10.8. The quantitative estimate of drug-likeness (QED) is 0.899. The molecule has 1 aliphatic heterocycles. The van der Waals surface area contributed by atoms with Crippen molar-refractivity contribution in [1.82, 2.24) is 19.9 Å². The van der Waals surface area contributed by atoms with E-state index in [0.717, 1.165) is 5.69 Å². The molecule has 1 aromatic carbocycles. The molecule has 1 saturated heterocycles. The van der Waals surface area contributed by atoms with Crippen LogP contribution in [0.25, 0.3) is 5.69 Å². The average molecular weight is 331 g/mol. The van der Waals surface area contributed by atoms with Gasteiger partial charge in [-0.15, -0.1) is 5.10 Å². The molecule has 1 N–H and O–H groups in total. The fraction of sp³-hybridized carbons (Fsp3) is 0.438. The Morgan fingerprint density at radius 1 is 1.42 bits per heavy atom. The first-order chi connectivity index (χ1) is 11.8. The predicted molar refractivity (Wildman–Crippen MR) is 88.2 cm³/mol. The molecule has 0 radical (unpaired) electrons. The number of hydrogen-bond donors (Lipinski definition) is 1. The Morgan fingerprint density at radius 2 is 2.25 bits per heavy atom. The van der Waals surface area contributed by atoms with Gasteiger partial charge in [-0.3, -0.25) is 5.32 Å². The highest BCUT2D eigenvalue weighted by molar-refractivity contribution is 5.88. The van der Waals surface area contributed by atoms with Gasteiger partial charge in [-0.2, -0.15) is 4.68 Å². The van der Waals surface area contributed by atoms with Crippen LogP contribution >= 0.6 is 0 Å². The number of nitrogens with zero attached hydrogens (tertiary/aromatic N) is 4. The van der Waals surface area contributed by atoms with Crippen LogP contribution in [-0.2, 0) is 9.47 Å². The highest BCUT2D eigenvalue weighted by Gasteiger charge is 2.25. The fourth-order valence-electron chi connectivity index (χ4n) is 2.52. The van der Waals surface area contributed by atoms with E-state index in [9.17, 15) is 4.79 Å². The summed E-state index contributed by atoms with van der Waals surface area (Å²) in [6, 6.07) is 9.34. The number of carbonyl (C=O) groups excluding carboxylic acids is 1. The van der Waals surface area contributed by atoms with Crippen molar-refractivity contribution in [2.45, 2.75) is 13.0 Å². The summed E-state index contributed by atoms with van der Waals surface area (Å²) in [4.78, 5) is 14.2. The molecule has 1 aromatic heterocycles. The molecule has 0 aliphatic carbocycles. The van der Waals surface area contributed by atoms with E-state index in [-0.39, 0.29) is 12.1 Å². The second kappa shape index (κ2) is 7.89. The minimum atomic E-state index is -0.195. The first-order valence-corrected chi connectivity index (χ1v) is 7.99. The van der Waals surface area contributed by atoms with E-state index in [0.29, 0.717) is 38.7 Å². The van der Waals surface area contributed by atoms with Crippen LogP contribution in [0.4, 0.5) is 10.6 Å². The SMILES string of the molecule is CCOCC1CN(C(=O)Nc2cnnn2-c2ccccc2)CCO1. The Labute approximate surface area is 140 Å². The third-order valence-corrected chi connectivity index (χ3v) is 3.72. The smallest absolute Gasteiger partial charge is 0.323 e. The lowest BCUT2D eigenvalue weighted by Crippen LogP contribution is -2.48. The van der Waals surface area contributed by atoms with Gasteiger partial charge in [0, 0.05) is 13.2 Å².